The molecular formula is C10H22N2OS. The highest BCUT2D eigenvalue weighted by Crippen LogP contribution is 2.07. The van der Waals surface area contributed by atoms with Gasteiger partial charge in [0.25, 0.3) is 0 Å². The first-order valence-electron chi connectivity index (χ1n) is 5.11. The molecule has 3 N–H and O–H groups in total. The second-order valence-electron chi connectivity index (χ2n) is 3.70. The molecule has 0 aliphatic carbocycles. The summed E-state index contributed by atoms with van der Waals surface area (Å²) in [6.07, 6.45) is 4.43. The van der Waals surface area contributed by atoms with Crippen LogP contribution in [0.5, 0.6) is 0 Å². The number of nitrogens with one attached hydrogen (secondary N) is 1. The van der Waals surface area contributed by atoms with E-state index in [1.165, 1.54) is 0 Å². The topological polar surface area (TPSA) is 55.1 Å². The highest BCUT2D eigenvalue weighted by molar-refractivity contribution is 7.99. The minimum Gasteiger partial charge on any atom is -0.356 e. The predicted molar refractivity (Wildman–Crippen MR) is 63.5 cm³/mol. The van der Waals surface area contributed by atoms with Crippen LogP contribution in [0.1, 0.15) is 33.1 Å². The third-order valence-corrected chi connectivity index (χ3v) is 3.14. The molecule has 0 rings (SSSR count). The van der Waals surface area contributed by atoms with Crippen molar-refractivity contribution in [3.63, 3.8) is 0 Å². The van der Waals surface area contributed by atoms with Gasteiger partial charge in [-0.05, 0) is 26.0 Å². The second-order valence-corrected chi connectivity index (χ2v) is 4.98. The fourth-order valence-corrected chi connectivity index (χ4v) is 1.33. The number of hydrogen-bond donors (Lipinski definition) is 2. The molecule has 0 aromatic rings. The summed E-state index contributed by atoms with van der Waals surface area (Å²) in [6, 6.07) is 0.117. The Hall–Kier alpha value is -0.220. The second kappa shape index (κ2) is 8.12. The van der Waals surface area contributed by atoms with Crippen molar-refractivity contribution in [2.24, 2.45) is 5.73 Å². The van der Waals surface area contributed by atoms with Gasteiger partial charge in [-0.1, -0.05) is 6.92 Å². The average molecular weight is 218 g/mol. The fraction of sp³-hybridized carbons (Fsp3) is 0.900. The van der Waals surface area contributed by atoms with Gasteiger partial charge in [0, 0.05) is 24.3 Å². The molecule has 4 heteroatoms. The lowest BCUT2D eigenvalue weighted by Gasteiger charge is -2.09. The first-order valence-corrected chi connectivity index (χ1v) is 6.40. The smallest absolute Gasteiger partial charge is 0.220 e. The van der Waals surface area contributed by atoms with E-state index < -0.39 is 0 Å². The van der Waals surface area contributed by atoms with Gasteiger partial charge >= 0.3 is 0 Å². The van der Waals surface area contributed by atoms with Gasteiger partial charge in [0.05, 0.1) is 0 Å². The summed E-state index contributed by atoms with van der Waals surface area (Å²) in [4.78, 5) is 11.2. The summed E-state index contributed by atoms with van der Waals surface area (Å²) in [7, 11) is 0. The number of hydrogen-bond acceptors (Lipinski definition) is 3. The maximum absolute atomic E-state index is 11.2. The average Bonchev–Trinajstić information content (AvgIpc) is 2.14. The number of rotatable bonds is 7. The molecule has 0 heterocycles. The molecule has 0 spiro atoms. The third-order valence-electron chi connectivity index (χ3n) is 2.10. The Morgan fingerprint density at radius 1 is 1.43 bits per heavy atom. The monoisotopic (exact) mass is 218 g/mol. The molecule has 2 atom stereocenters. The molecule has 0 saturated heterocycles. The van der Waals surface area contributed by atoms with Crippen molar-refractivity contribution < 1.29 is 4.79 Å². The molecule has 1 amide bonds. The fourth-order valence-electron chi connectivity index (χ4n) is 0.980. The van der Waals surface area contributed by atoms with E-state index in [-0.39, 0.29) is 11.9 Å². The predicted octanol–water partition coefficient (Wildman–Crippen LogP) is 1.37. The summed E-state index contributed by atoms with van der Waals surface area (Å²) in [6.45, 7) is 4.86. The minimum atomic E-state index is 0.117. The molecule has 0 fully saturated rings. The number of nitrogens with two attached hydrogens (primary N) is 1. The Labute approximate surface area is 91.2 Å². The van der Waals surface area contributed by atoms with Gasteiger partial charge in [0.15, 0.2) is 0 Å². The molecule has 0 aliphatic heterocycles. The molecule has 0 bridgehead atoms. The van der Waals surface area contributed by atoms with Crippen molar-refractivity contribution in [2.45, 2.75) is 44.4 Å². The van der Waals surface area contributed by atoms with Crippen LogP contribution in [-0.2, 0) is 4.79 Å². The summed E-state index contributed by atoms with van der Waals surface area (Å²) in [5.41, 5.74) is 5.56. The van der Waals surface area contributed by atoms with Gasteiger partial charge in [0.2, 0.25) is 5.91 Å². The Morgan fingerprint density at radius 3 is 2.57 bits per heavy atom. The maximum Gasteiger partial charge on any atom is 0.220 e. The van der Waals surface area contributed by atoms with Gasteiger partial charge < -0.3 is 11.1 Å². The van der Waals surface area contributed by atoms with Crippen LogP contribution in [0, 0.1) is 0 Å². The van der Waals surface area contributed by atoms with Crippen molar-refractivity contribution in [1.82, 2.24) is 5.32 Å². The van der Waals surface area contributed by atoms with Crippen molar-refractivity contribution >= 4 is 17.7 Å². The van der Waals surface area contributed by atoms with Crippen LogP contribution in [0.3, 0.4) is 0 Å². The molecule has 0 saturated carbocycles. The summed E-state index contributed by atoms with van der Waals surface area (Å²) in [5, 5.41) is 3.51. The van der Waals surface area contributed by atoms with Crippen LogP contribution in [0.15, 0.2) is 0 Å². The van der Waals surface area contributed by atoms with Gasteiger partial charge in [-0.25, -0.2) is 0 Å². The van der Waals surface area contributed by atoms with Crippen molar-refractivity contribution in [3.8, 4) is 0 Å². The van der Waals surface area contributed by atoms with E-state index >= 15 is 0 Å². The van der Waals surface area contributed by atoms with Crippen LogP contribution in [-0.4, -0.2) is 30.0 Å². The summed E-state index contributed by atoms with van der Waals surface area (Å²) < 4.78 is 0. The molecule has 14 heavy (non-hydrogen) atoms. The number of thioether (sulfide) groups is 1. The molecule has 2 unspecified atom stereocenters. The van der Waals surface area contributed by atoms with Gasteiger partial charge in [-0.2, -0.15) is 11.8 Å². The highest BCUT2D eigenvalue weighted by atomic mass is 32.2. The Balaban J connectivity index is 3.35. The largest absolute Gasteiger partial charge is 0.356 e. The van der Waals surface area contributed by atoms with Gasteiger partial charge in [0.1, 0.15) is 0 Å². The van der Waals surface area contributed by atoms with Crippen LogP contribution >= 0.6 is 11.8 Å². The van der Waals surface area contributed by atoms with Gasteiger partial charge in [-0.15, -0.1) is 0 Å². The first-order chi connectivity index (χ1) is 6.56. The zero-order chi connectivity index (χ0) is 11.0. The van der Waals surface area contributed by atoms with Crippen molar-refractivity contribution in [3.05, 3.63) is 0 Å². The van der Waals surface area contributed by atoms with E-state index in [9.17, 15) is 4.79 Å². The molecule has 0 aromatic carbocycles. The van der Waals surface area contributed by atoms with E-state index in [0.717, 1.165) is 19.4 Å². The molecule has 84 valence electrons. The Kier molecular flexibility index (Phi) is 7.99. The SMILES string of the molecule is CSC(C)CCNC(=O)CCC(C)N. The molecule has 0 aromatic heterocycles. The maximum atomic E-state index is 11.2. The number of carbonyl (C=O) groups excluding carboxylic acids is 1. The van der Waals surface area contributed by atoms with E-state index in [1.807, 2.05) is 18.7 Å². The molecule has 0 radical (unpaired) electrons. The zero-order valence-corrected chi connectivity index (χ0v) is 10.2. The summed E-state index contributed by atoms with van der Waals surface area (Å²) in [5.74, 6) is 0.121. The van der Waals surface area contributed by atoms with Crippen LogP contribution < -0.4 is 11.1 Å². The summed E-state index contributed by atoms with van der Waals surface area (Å²) >= 11 is 1.82. The molecule has 3 nitrogen and oxygen atoms in total. The highest BCUT2D eigenvalue weighted by Gasteiger charge is 2.04. The quantitative estimate of drug-likeness (QED) is 0.678. The lowest BCUT2D eigenvalue weighted by Crippen LogP contribution is -2.27. The van der Waals surface area contributed by atoms with Crippen LogP contribution in [0.4, 0.5) is 0 Å². The Bertz CT molecular complexity index is 162. The van der Waals surface area contributed by atoms with Gasteiger partial charge in [-0.3, -0.25) is 4.79 Å². The first kappa shape index (κ1) is 13.8. The molecule has 0 aliphatic rings. The number of carbonyl (C=O) groups is 1. The minimum absolute atomic E-state index is 0.117. The Morgan fingerprint density at radius 2 is 2.07 bits per heavy atom. The third kappa shape index (κ3) is 8.38. The zero-order valence-electron chi connectivity index (χ0n) is 9.38. The van der Waals surface area contributed by atoms with E-state index in [2.05, 4.69) is 18.5 Å². The normalized spacial score (nSPS) is 14.9. The number of amides is 1. The van der Waals surface area contributed by atoms with Crippen molar-refractivity contribution in [2.75, 3.05) is 12.8 Å². The van der Waals surface area contributed by atoms with E-state index in [1.54, 1.807) is 0 Å². The van der Waals surface area contributed by atoms with E-state index in [0.29, 0.717) is 11.7 Å². The lowest BCUT2D eigenvalue weighted by atomic mass is 10.2. The van der Waals surface area contributed by atoms with Crippen LogP contribution in [0.25, 0.3) is 0 Å². The van der Waals surface area contributed by atoms with Crippen molar-refractivity contribution in [1.29, 1.82) is 0 Å². The standard InChI is InChI=1S/C10H22N2OS/c1-8(11)4-5-10(13)12-7-6-9(2)14-3/h8-9H,4-7,11H2,1-3H3,(H,12,13). The van der Waals surface area contributed by atoms with E-state index in [4.69, 9.17) is 5.73 Å². The lowest BCUT2D eigenvalue weighted by molar-refractivity contribution is -0.121. The van der Waals surface area contributed by atoms with Crippen LogP contribution in [0.2, 0.25) is 0 Å². The molecular weight excluding hydrogens is 196 g/mol.